The van der Waals surface area contributed by atoms with Gasteiger partial charge in [0.25, 0.3) is 5.91 Å². The highest BCUT2D eigenvalue weighted by molar-refractivity contribution is 7.22. The Bertz CT molecular complexity index is 1140. The first-order valence-corrected chi connectivity index (χ1v) is 9.96. The molecular formula is C20H18ClN5OS. The fourth-order valence-electron chi connectivity index (χ4n) is 3.00. The van der Waals surface area contributed by atoms with Crippen LogP contribution in [-0.4, -0.2) is 25.7 Å². The van der Waals surface area contributed by atoms with Gasteiger partial charge in [-0.25, -0.2) is 4.98 Å². The largest absolute Gasteiger partial charge is 0.282 e. The summed E-state index contributed by atoms with van der Waals surface area (Å²) in [5, 5.41) is 5.59. The van der Waals surface area contributed by atoms with Crippen molar-refractivity contribution in [3.63, 3.8) is 0 Å². The molecule has 3 aromatic heterocycles. The van der Waals surface area contributed by atoms with Crippen LogP contribution in [0.4, 0.5) is 5.13 Å². The van der Waals surface area contributed by atoms with Gasteiger partial charge in [-0.2, -0.15) is 5.10 Å². The number of pyridine rings is 1. The first kappa shape index (κ1) is 18.6. The minimum atomic E-state index is -0.0924. The average Bonchev–Trinajstić information content (AvgIpc) is 3.24. The summed E-state index contributed by atoms with van der Waals surface area (Å²) in [6, 6.07) is 11.4. The van der Waals surface area contributed by atoms with Crippen LogP contribution in [0, 0.1) is 13.8 Å². The smallest absolute Gasteiger partial charge is 0.250 e. The molecule has 0 saturated carbocycles. The van der Waals surface area contributed by atoms with Crippen molar-refractivity contribution in [1.82, 2.24) is 19.7 Å². The summed E-state index contributed by atoms with van der Waals surface area (Å²) < 4.78 is 2.66. The summed E-state index contributed by atoms with van der Waals surface area (Å²) in [6.45, 7) is 4.38. The minimum absolute atomic E-state index is 0.0924. The highest BCUT2D eigenvalue weighted by Gasteiger charge is 2.22. The van der Waals surface area contributed by atoms with Crippen LogP contribution in [0.25, 0.3) is 10.2 Å². The van der Waals surface area contributed by atoms with E-state index in [1.54, 1.807) is 28.0 Å². The summed E-state index contributed by atoms with van der Waals surface area (Å²) in [7, 11) is 0. The Kier molecular flexibility index (Phi) is 5.11. The number of para-hydroxylation sites is 1. The molecule has 0 atom stereocenters. The third-order valence-electron chi connectivity index (χ3n) is 4.34. The quantitative estimate of drug-likeness (QED) is 0.488. The Labute approximate surface area is 171 Å². The Balaban J connectivity index is 1.71. The van der Waals surface area contributed by atoms with E-state index in [4.69, 9.17) is 11.6 Å². The molecule has 4 rings (SSSR count). The van der Waals surface area contributed by atoms with E-state index in [1.807, 2.05) is 44.2 Å². The number of hydrogen-bond donors (Lipinski definition) is 0. The zero-order chi connectivity index (χ0) is 19.7. The molecule has 1 amide bonds. The van der Waals surface area contributed by atoms with E-state index in [1.165, 1.54) is 11.3 Å². The molecule has 0 spiro atoms. The standard InChI is InChI=1S/C20H18ClN5OS/c1-13-9-14(2)26(24-13)12-18(27)25(11-15-5-4-8-22-10-15)20-23-19-16(21)6-3-7-17(19)28-20/h3-10H,11-12H2,1-2H3. The van der Waals surface area contributed by atoms with Crippen molar-refractivity contribution < 1.29 is 4.79 Å². The summed E-state index contributed by atoms with van der Waals surface area (Å²) in [4.78, 5) is 23.7. The topological polar surface area (TPSA) is 63.9 Å². The van der Waals surface area contributed by atoms with E-state index in [0.717, 1.165) is 21.7 Å². The molecule has 6 nitrogen and oxygen atoms in total. The van der Waals surface area contributed by atoms with Gasteiger partial charge in [0, 0.05) is 18.1 Å². The molecule has 0 N–H and O–H groups in total. The molecule has 4 aromatic rings. The van der Waals surface area contributed by atoms with E-state index in [9.17, 15) is 4.79 Å². The number of anilines is 1. The Hall–Kier alpha value is -2.77. The van der Waals surface area contributed by atoms with E-state index in [-0.39, 0.29) is 12.5 Å². The maximum atomic E-state index is 13.2. The van der Waals surface area contributed by atoms with Crippen LogP contribution >= 0.6 is 22.9 Å². The monoisotopic (exact) mass is 411 g/mol. The minimum Gasteiger partial charge on any atom is -0.282 e. The number of thiazole rings is 1. The lowest BCUT2D eigenvalue weighted by Crippen LogP contribution is -2.34. The van der Waals surface area contributed by atoms with Gasteiger partial charge in [0.2, 0.25) is 0 Å². The molecule has 0 unspecified atom stereocenters. The zero-order valence-electron chi connectivity index (χ0n) is 15.5. The van der Waals surface area contributed by atoms with Crippen LogP contribution in [0.5, 0.6) is 0 Å². The molecule has 0 aliphatic heterocycles. The van der Waals surface area contributed by atoms with Crippen LogP contribution < -0.4 is 4.90 Å². The number of nitrogens with zero attached hydrogens (tertiary/aromatic N) is 5. The van der Waals surface area contributed by atoms with E-state index in [0.29, 0.717) is 22.2 Å². The number of carbonyl (C=O) groups excluding carboxylic acids is 1. The molecule has 0 aliphatic rings. The fraction of sp³-hybridized carbons (Fsp3) is 0.200. The fourth-order valence-corrected chi connectivity index (χ4v) is 4.29. The predicted octanol–water partition coefficient (Wildman–Crippen LogP) is 4.39. The second-order valence-corrected chi connectivity index (χ2v) is 7.93. The Morgan fingerprint density at radius 1 is 1.25 bits per heavy atom. The molecule has 1 aromatic carbocycles. The Morgan fingerprint density at radius 2 is 2.11 bits per heavy atom. The normalized spacial score (nSPS) is 11.1. The number of aryl methyl sites for hydroxylation is 2. The van der Waals surface area contributed by atoms with Gasteiger partial charge >= 0.3 is 0 Å². The van der Waals surface area contributed by atoms with Crippen molar-refractivity contribution in [3.05, 3.63) is 70.8 Å². The van der Waals surface area contributed by atoms with Crippen LogP contribution in [0.15, 0.2) is 48.8 Å². The van der Waals surface area contributed by atoms with E-state index < -0.39 is 0 Å². The number of rotatable bonds is 5. The van der Waals surface area contributed by atoms with Gasteiger partial charge in [-0.15, -0.1) is 0 Å². The SMILES string of the molecule is Cc1cc(C)n(CC(=O)N(Cc2cccnc2)c2nc3c(Cl)cccc3s2)n1. The zero-order valence-corrected chi connectivity index (χ0v) is 17.0. The number of benzene rings is 1. The summed E-state index contributed by atoms with van der Waals surface area (Å²) in [5.41, 5.74) is 3.46. The van der Waals surface area contributed by atoms with Crippen molar-refractivity contribution in [2.45, 2.75) is 26.9 Å². The average molecular weight is 412 g/mol. The van der Waals surface area contributed by atoms with Gasteiger partial charge in [0.15, 0.2) is 5.13 Å². The van der Waals surface area contributed by atoms with E-state index in [2.05, 4.69) is 15.1 Å². The van der Waals surface area contributed by atoms with Crippen molar-refractivity contribution in [1.29, 1.82) is 0 Å². The van der Waals surface area contributed by atoms with Gasteiger partial charge in [-0.1, -0.05) is 35.1 Å². The predicted molar refractivity (Wildman–Crippen MR) is 112 cm³/mol. The van der Waals surface area contributed by atoms with Gasteiger partial charge in [-0.3, -0.25) is 19.4 Å². The highest BCUT2D eigenvalue weighted by Crippen LogP contribution is 2.33. The lowest BCUT2D eigenvalue weighted by Gasteiger charge is -2.20. The third-order valence-corrected chi connectivity index (χ3v) is 5.69. The first-order valence-electron chi connectivity index (χ1n) is 8.76. The molecule has 28 heavy (non-hydrogen) atoms. The molecule has 0 saturated heterocycles. The molecular weight excluding hydrogens is 394 g/mol. The lowest BCUT2D eigenvalue weighted by atomic mass is 10.2. The number of carbonyl (C=O) groups is 1. The summed E-state index contributed by atoms with van der Waals surface area (Å²) in [5.74, 6) is -0.0924. The van der Waals surface area contributed by atoms with Crippen molar-refractivity contribution in [3.8, 4) is 0 Å². The number of aromatic nitrogens is 4. The van der Waals surface area contributed by atoms with Crippen LogP contribution in [0.1, 0.15) is 17.0 Å². The molecule has 0 aliphatic carbocycles. The third kappa shape index (κ3) is 3.76. The molecule has 8 heteroatoms. The van der Waals surface area contributed by atoms with Crippen molar-refractivity contribution in [2.24, 2.45) is 0 Å². The molecule has 0 radical (unpaired) electrons. The summed E-state index contributed by atoms with van der Waals surface area (Å²) in [6.07, 6.45) is 3.47. The number of halogens is 1. The van der Waals surface area contributed by atoms with Gasteiger partial charge in [0.1, 0.15) is 12.1 Å². The maximum absolute atomic E-state index is 13.2. The highest BCUT2D eigenvalue weighted by atomic mass is 35.5. The van der Waals surface area contributed by atoms with Gasteiger partial charge < -0.3 is 0 Å². The number of fused-ring (bicyclic) bond motifs is 1. The Morgan fingerprint density at radius 3 is 2.79 bits per heavy atom. The lowest BCUT2D eigenvalue weighted by molar-refractivity contribution is -0.119. The molecule has 3 heterocycles. The second kappa shape index (κ2) is 7.69. The first-order chi connectivity index (χ1) is 13.5. The van der Waals surface area contributed by atoms with Crippen LogP contribution in [-0.2, 0) is 17.9 Å². The van der Waals surface area contributed by atoms with Crippen molar-refractivity contribution >= 4 is 44.2 Å². The second-order valence-electron chi connectivity index (χ2n) is 6.51. The maximum Gasteiger partial charge on any atom is 0.250 e. The molecule has 0 fully saturated rings. The van der Waals surface area contributed by atoms with E-state index >= 15 is 0 Å². The van der Waals surface area contributed by atoms with Crippen molar-refractivity contribution in [2.75, 3.05) is 4.90 Å². The van der Waals surface area contributed by atoms with Gasteiger partial charge in [-0.05, 0) is 43.7 Å². The van der Waals surface area contributed by atoms with Crippen LogP contribution in [0.3, 0.4) is 0 Å². The number of amides is 1. The molecule has 142 valence electrons. The van der Waals surface area contributed by atoms with Crippen LogP contribution in [0.2, 0.25) is 5.02 Å². The number of hydrogen-bond acceptors (Lipinski definition) is 5. The molecule has 0 bridgehead atoms. The summed E-state index contributed by atoms with van der Waals surface area (Å²) >= 11 is 7.73. The van der Waals surface area contributed by atoms with Gasteiger partial charge in [0.05, 0.1) is 22.0 Å².